The monoisotopic (exact) mass is 282 g/mol. The Hall–Kier alpha value is -3.57. The molecule has 0 amide bonds. The normalized spacial score (nSPS) is 10.9. The Morgan fingerprint density at radius 3 is 1.48 bits per heavy atom. The van der Waals surface area contributed by atoms with Gasteiger partial charge in [0.2, 0.25) is 0 Å². The maximum absolute atomic E-state index is 4.02. The van der Waals surface area contributed by atoms with Gasteiger partial charge in [-0.15, -0.1) is 25.5 Å². The third kappa shape index (κ3) is 1.81. The molecule has 4 heterocycles. The average molecular weight is 282 g/mol. The fourth-order valence-corrected chi connectivity index (χ4v) is 1.88. The van der Waals surface area contributed by atoms with Crippen LogP contribution in [-0.2, 0) is 0 Å². The predicted molar refractivity (Wildman–Crippen MR) is 66.0 cm³/mol. The Labute approximate surface area is 115 Å². The van der Waals surface area contributed by atoms with E-state index in [1.165, 1.54) is 0 Å². The lowest BCUT2D eigenvalue weighted by molar-refractivity contribution is 0.865. The van der Waals surface area contributed by atoms with E-state index in [2.05, 4.69) is 61.6 Å². The SMILES string of the molecule is c1[nH]nnc1-c1nnnc(-c2c[nH]nn2)c1-c1c[nH]nn1. The molecule has 12 nitrogen and oxygen atoms in total. The van der Waals surface area contributed by atoms with Crippen LogP contribution < -0.4 is 0 Å². The second-order valence-corrected chi connectivity index (χ2v) is 3.94. The van der Waals surface area contributed by atoms with Gasteiger partial charge in [0.25, 0.3) is 0 Å². The average Bonchev–Trinajstić information content (AvgIpc) is 3.28. The van der Waals surface area contributed by atoms with Crippen LogP contribution in [0.3, 0.4) is 0 Å². The number of aromatic amines is 3. The van der Waals surface area contributed by atoms with E-state index in [-0.39, 0.29) is 0 Å². The van der Waals surface area contributed by atoms with Crippen LogP contribution in [0.15, 0.2) is 18.6 Å². The number of hydrogen-bond donors (Lipinski definition) is 3. The Morgan fingerprint density at radius 1 is 0.571 bits per heavy atom. The van der Waals surface area contributed by atoms with Gasteiger partial charge >= 0.3 is 0 Å². The highest BCUT2D eigenvalue weighted by atomic mass is 15.4. The van der Waals surface area contributed by atoms with Crippen molar-refractivity contribution in [2.45, 2.75) is 0 Å². The molecule has 12 heteroatoms. The first-order valence-electron chi connectivity index (χ1n) is 5.77. The van der Waals surface area contributed by atoms with E-state index >= 15 is 0 Å². The fraction of sp³-hybridized carbons (Fsp3) is 0. The summed E-state index contributed by atoms with van der Waals surface area (Å²) in [5.74, 6) is 0. The van der Waals surface area contributed by atoms with E-state index in [1.54, 1.807) is 18.6 Å². The molecule has 0 aliphatic rings. The highest BCUT2D eigenvalue weighted by Gasteiger charge is 2.22. The van der Waals surface area contributed by atoms with Gasteiger partial charge < -0.3 is 0 Å². The van der Waals surface area contributed by atoms with Crippen LogP contribution in [0.2, 0.25) is 0 Å². The van der Waals surface area contributed by atoms with Crippen LogP contribution in [0.1, 0.15) is 0 Å². The van der Waals surface area contributed by atoms with Crippen LogP contribution in [0, 0.1) is 0 Å². The molecule has 0 aromatic carbocycles. The Bertz CT molecular complexity index is 779. The van der Waals surface area contributed by atoms with Gasteiger partial charge in [-0.3, -0.25) is 15.3 Å². The standard InChI is InChI=1S/C9H6N12/c1-4(13-18-10-1)7-8(5-2-11-19-14-5)16-21-17-9(7)6-3-12-20-15-6/h1-3H,(H,10,13,18)(H,11,14,19)(H,12,15,20). The van der Waals surface area contributed by atoms with Crippen LogP contribution >= 0.6 is 0 Å². The summed E-state index contributed by atoms with van der Waals surface area (Å²) < 4.78 is 0. The smallest absolute Gasteiger partial charge is 0.133 e. The molecule has 0 radical (unpaired) electrons. The summed E-state index contributed by atoms with van der Waals surface area (Å²) in [5.41, 5.74) is 3.06. The Morgan fingerprint density at radius 2 is 1.05 bits per heavy atom. The second kappa shape index (κ2) is 4.52. The first-order chi connectivity index (χ1) is 10.4. The first-order valence-corrected chi connectivity index (χ1v) is 5.77. The zero-order valence-electron chi connectivity index (χ0n) is 10.3. The molecule has 0 saturated heterocycles. The molecule has 4 aromatic rings. The van der Waals surface area contributed by atoms with Gasteiger partial charge in [0.05, 0.1) is 24.2 Å². The van der Waals surface area contributed by atoms with Crippen LogP contribution in [0.4, 0.5) is 0 Å². The zero-order valence-corrected chi connectivity index (χ0v) is 10.3. The molecular weight excluding hydrogens is 276 g/mol. The summed E-state index contributed by atoms with van der Waals surface area (Å²) in [4.78, 5) is 0. The zero-order chi connectivity index (χ0) is 14.1. The molecule has 0 aliphatic heterocycles. The van der Waals surface area contributed by atoms with Gasteiger partial charge in [-0.05, 0) is 5.21 Å². The topological polar surface area (TPSA) is 163 Å². The van der Waals surface area contributed by atoms with E-state index in [4.69, 9.17) is 0 Å². The minimum atomic E-state index is 0.464. The van der Waals surface area contributed by atoms with Crippen LogP contribution in [0.25, 0.3) is 34.0 Å². The summed E-state index contributed by atoms with van der Waals surface area (Å²) >= 11 is 0. The van der Waals surface area contributed by atoms with E-state index in [0.717, 1.165) is 0 Å². The van der Waals surface area contributed by atoms with Crippen LogP contribution in [0.5, 0.6) is 0 Å². The molecule has 0 spiro atoms. The van der Waals surface area contributed by atoms with Crippen molar-refractivity contribution in [3.8, 4) is 34.0 Å². The van der Waals surface area contributed by atoms with Gasteiger partial charge in [0.1, 0.15) is 28.5 Å². The molecule has 0 atom stereocenters. The van der Waals surface area contributed by atoms with Crippen LogP contribution in [-0.4, -0.2) is 61.6 Å². The summed E-state index contributed by atoms with van der Waals surface area (Å²) in [6.07, 6.45) is 4.81. The summed E-state index contributed by atoms with van der Waals surface area (Å²) in [6, 6.07) is 0. The minimum Gasteiger partial charge on any atom is -0.265 e. The lowest BCUT2D eigenvalue weighted by Gasteiger charge is -2.05. The van der Waals surface area contributed by atoms with Gasteiger partial charge in [-0.2, -0.15) is 0 Å². The quantitative estimate of drug-likeness (QED) is 0.437. The van der Waals surface area contributed by atoms with Gasteiger partial charge in [-0.25, -0.2) is 0 Å². The fourth-order valence-electron chi connectivity index (χ4n) is 1.88. The van der Waals surface area contributed by atoms with E-state index in [9.17, 15) is 0 Å². The predicted octanol–water partition coefficient (Wildman–Crippen LogP) is -0.773. The molecule has 0 bridgehead atoms. The van der Waals surface area contributed by atoms with Gasteiger partial charge in [-0.1, -0.05) is 15.6 Å². The third-order valence-electron chi connectivity index (χ3n) is 2.75. The number of nitrogens with one attached hydrogen (secondary N) is 3. The van der Waals surface area contributed by atoms with Crippen molar-refractivity contribution in [2.75, 3.05) is 0 Å². The minimum absolute atomic E-state index is 0.464. The summed E-state index contributed by atoms with van der Waals surface area (Å²) in [5, 5.41) is 42.6. The molecule has 0 unspecified atom stereocenters. The maximum atomic E-state index is 4.02. The van der Waals surface area contributed by atoms with E-state index < -0.39 is 0 Å². The van der Waals surface area contributed by atoms with Crippen molar-refractivity contribution < 1.29 is 0 Å². The molecule has 0 aliphatic carbocycles. The van der Waals surface area contributed by atoms with Crippen molar-refractivity contribution in [1.82, 2.24) is 61.6 Å². The number of H-pyrrole nitrogens is 3. The highest BCUT2D eigenvalue weighted by molar-refractivity contribution is 5.86. The van der Waals surface area contributed by atoms with Crippen molar-refractivity contribution in [1.29, 1.82) is 0 Å². The molecule has 4 aromatic heterocycles. The van der Waals surface area contributed by atoms with E-state index in [0.29, 0.717) is 34.0 Å². The first kappa shape index (κ1) is 11.3. The van der Waals surface area contributed by atoms with Gasteiger partial charge in [0, 0.05) is 0 Å². The lowest BCUT2D eigenvalue weighted by atomic mass is 10.1. The number of nitrogens with zero attached hydrogens (tertiary/aromatic N) is 9. The molecule has 0 saturated carbocycles. The number of hydrogen-bond acceptors (Lipinski definition) is 9. The van der Waals surface area contributed by atoms with Crippen molar-refractivity contribution in [3.63, 3.8) is 0 Å². The number of aromatic nitrogens is 12. The molecule has 102 valence electrons. The van der Waals surface area contributed by atoms with Crippen molar-refractivity contribution in [3.05, 3.63) is 18.6 Å². The molecule has 21 heavy (non-hydrogen) atoms. The summed E-state index contributed by atoms with van der Waals surface area (Å²) in [7, 11) is 0. The molecular formula is C9H6N12. The number of rotatable bonds is 3. The van der Waals surface area contributed by atoms with Crippen molar-refractivity contribution in [2.24, 2.45) is 0 Å². The lowest BCUT2D eigenvalue weighted by Crippen LogP contribution is -2.01. The van der Waals surface area contributed by atoms with Gasteiger partial charge in [0.15, 0.2) is 0 Å². The Balaban J connectivity index is 2.03. The largest absolute Gasteiger partial charge is 0.265 e. The third-order valence-corrected chi connectivity index (χ3v) is 2.75. The molecule has 4 rings (SSSR count). The Kier molecular flexibility index (Phi) is 2.42. The van der Waals surface area contributed by atoms with E-state index in [1.807, 2.05) is 0 Å². The molecule has 3 N–H and O–H groups in total. The highest BCUT2D eigenvalue weighted by Crippen LogP contribution is 2.33. The second-order valence-electron chi connectivity index (χ2n) is 3.94. The van der Waals surface area contributed by atoms with Crippen molar-refractivity contribution >= 4 is 0 Å². The summed E-state index contributed by atoms with van der Waals surface area (Å²) in [6.45, 7) is 0. The molecule has 0 fully saturated rings. The maximum Gasteiger partial charge on any atom is 0.133 e.